The van der Waals surface area contributed by atoms with Crippen molar-refractivity contribution in [1.29, 1.82) is 0 Å². The molecule has 0 aliphatic heterocycles. The number of hydrogen-bond donors (Lipinski definition) is 2. The molecular formula is C12H19ClN2O2S. The van der Waals surface area contributed by atoms with Gasteiger partial charge in [0.25, 0.3) is 0 Å². The van der Waals surface area contributed by atoms with E-state index in [0.717, 1.165) is 11.4 Å². The topological polar surface area (TPSA) is 64.3 Å². The summed E-state index contributed by atoms with van der Waals surface area (Å²) in [5.74, 6) is 0.763. The summed E-state index contributed by atoms with van der Waals surface area (Å²) >= 11 is 1.52. The lowest BCUT2D eigenvalue weighted by Crippen LogP contribution is -2.21. The number of rotatable bonds is 6. The number of hydrogen-bond acceptors (Lipinski definition) is 4. The van der Waals surface area contributed by atoms with Crippen molar-refractivity contribution in [2.75, 3.05) is 24.7 Å². The van der Waals surface area contributed by atoms with Crippen molar-refractivity contribution in [3.63, 3.8) is 0 Å². The Kier molecular flexibility index (Phi) is 8.62. The lowest BCUT2D eigenvalue weighted by molar-refractivity contribution is -0.115. The van der Waals surface area contributed by atoms with E-state index in [1.54, 1.807) is 0 Å². The van der Waals surface area contributed by atoms with E-state index in [2.05, 4.69) is 5.32 Å². The molecule has 0 fully saturated rings. The zero-order valence-electron chi connectivity index (χ0n) is 10.5. The molecule has 0 saturated heterocycles. The Labute approximate surface area is 118 Å². The van der Waals surface area contributed by atoms with Gasteiger partial charge in [0.15, 0.2) is 0 Å². The number of amides is 1. The number of anilines is 1. The lowest BCUT2D eigenvalue weighted by atomic mass is 10.3. The van der Waals surface area contributed by atoms with Crippen LogP contribution in [0.15, 0.2) is 24.3 Å². The molecule has 0 radical (unpaired) electrons. The quantitative estimate of drug-likeness (QED) is 0.842. The second-order valence-corrected chi connectivity index (χ2v) is 4.71. The number of nitrogens with one attached hydrogen (secondary N) is 1. The van der Waals surface area contributed by atoms with E-state index in [9.17, 15) is 4.79 Å². The van der Waals surface area contributed by atoms with Gasteiger partial charge in [-0.2, -0.15) is 11.8 Å². The van der Waals surface area contributed by atoms with Crippen LogP contribution in [0, 0.1) is 0 Å². The van der Waals surface area contributed by atoms with Gasteiger partial charge in [-0.15, -0.1) is 12.4 Å². The van der Waals surface area contributed by atoms with E-state index in [-0.39, 0.29) is 23.6 Å². The Bertz CT molecular complexity index is 360. The van der Waals surface area contributed by atoms with E-state index in [1.807, 2.05) is 37.4 Å². The Morgan fingerprint density at radius 2 is 2.06 bits per heavy atom. The van der Waals surface area contributed by atoms with Crippen LogP contribution in [0.1, 0.15) is 6.92 Å². The van der Waals surface area contributed by atoms with Crippen molar-refractivity contribution in [1.82, 2.24) is 0 Å². The number of thioether (sulfide) groups is 1. The van der Waals surface area contributed by atoms with Crippen LogP contribution < -0.4 is 15.8 Å². The molecule has 102 valence electrons. The smallest absolute Gasteiger partial charge is 0.237 e. The third-order valence-electron chi connectivity index (χ3n) is 2.23. The molecule has 0 spiro atoms. The second-order valence-electron chi connectivity index (χ2n) is 3.53. The first kappa shape index (κ1) is 17.1. The number of benzene rings is 1. The molecule has 3 N–H and O–H groups in total. The summed E-state index contributed by atoms with van der Waals surface area (Å²) in [5.41, 5.74) is 6.11. The molecule has 1 amide bonds. The highest BCUT2D eigenvalue weighted by Gasteiger charge is 2.10. The highest BCUT2D eigenvalue weighted by Crippen LogP contribution is 2.16. The van der Waals surface area contributed by atoms with Crippen molar-refractivity contribution >= 4 is 35.8 Å². The molecule has 0 saturated carbocycles. The maximum absolute atomic E-state index is 11.6. The zero-order chi connectivity index (χ0) is 12.7. The minimum atomic E-state index is -0.0526. The summed E-state index contributed by atoms with van der Waals surface area (Å²) in [4.78, 5) is 11.6. The fourth-order valence-electron chi connectivity index (χ4n) is 1.16. The van der Waals surface area contributed by atoms with Gasteiger partial charge in [-0.05, 0) is 37.4 Å². The Balaban J connectivity index is 0.00000289. The van der Waals surface area contributed by atoms with Crippen LogP contribution in [0.25, 0.3) is 0 Å². The molecule has 1 aromatic rings. The van der Waals surface area contributed by atoms with Gasteiger partial charge in [0.2, 0.25) is 5.91 Å². The van der Waals surface area contributed by atoms with Crippen molar-refractivity contribution < 1.29 is 9.53 Å². The predicted octanol–water partition coefficient (Wildman–Crippen LogP) is 2.14. The van der Waals surface area contributed by atoms with Gasteiger partial charge in [0.1, 0.15) is 12.4 Å². The predicted molar refractivity (Wildman–Crippen MR) is 79.8 cm³/mol. The van der Waals surface area contributed by atoms with Gasteiger partial charge in [-0.1, -0.05) is 0 Å². The number of ether oxygens (including phenoxy) is 1. The van der Waals surface area contributed by atoms with E-state index in [1.165, 1.54) is 11.8 Å². The van der Waals surface area contributed by atoms with Crippen molar-refractivity contribution in [3.05, 3.63) is 24.3 Å². The first-order valence-electron chi connectivity index (χ1n) is 5.44. The summed E-state index contributed by atoms with van der Waals surface area (Å²) in [7, 11) is 0. The SMILES string of the molecule is CSC(C)C(=O)Nc1ccc(OCCN)cc1.Cl. The number of nitrogens with two attached hydrogens (primary N) is 1. The molecule has 1 atom stereocenters. The van der Waals surface area contributed by atoms with Gasteiger partial charge in [-0.3, -0.25) is 4.79 Å². The summed E-state index contributed by atoms with van der Waals surface area (Å²) in [6, 6.07) is 7.26. The summed E-state index contributed by atoms with van der Waals surface area (Å²) in [6.07, 6.45) is 1.91. The number of halogens is 1. The van der Waals surface area contributed by atoms with Crippen LogP contribution in [0.4, 0.5) is 5.69 Å². The third kappa shape index (κ3) is 5.62. The second kappa shape index (κ2) is 9.08. The zero-order valence-corrected chi connectivity index (χ0v) is 12.1. The van der Waals surface area contributed by atoms with E-state index < -0.39 is 0 Å². The highest BCUT2D eigenvalue weighted by molar-refractivity contribution is 7.99. The monoisotopic (exact) mass is 290 g/mol. The molecule has 1 rings (SSSR count). The standard InChI is InChI=1S/C12H18N2O2S.ClH/c1-9(17-2)12(15)14-10-3-5-11(6-4-10)16-8-7-13;/h3-6,9H,7-8,13H2,1-2H3,(H,14,15);1H. The maximum Gasteiger partial charge on any atom is 0.237 e. The molecule has 0 heterocycles. The van der Waals surface area contributed by atoms with E-state index in [0.29, 0.717) is 13.2 Å². The first-order chi connectivity index (χ1) is 8.17. The third-order valence-corrected chi connectivity index (χ3v) is 3.15. The van der Waals surface area contributed by atoms with Crippen LogP contribution in [0.5, 0.6) is 5.75 Å². The summed E-state index contributed by atoms with van der Waals surface area (Å²) in [6.45, 7) is 2.86. The van der Waals surface area contributed by atoms with Crippen molar-refractivity contribution in [2.24, 2.45) is 5.73 Å². The molecule has 18 heavy (non-hydrogen) atoms. The minimum Gasteiger partial charge on any atom is -0.492 e. The maximum atomic E-state index is 11.6. The van der Waals surface area contributed by atoms with Gasteiger partial charge in [0.05, 0.1) is 5.25 Å². The largest absolute Gasteiger partial charge is 0.492 e. The minimum absolute atomic E-state index is 0. The number of carbonyl (C=O) groups excluding carboxylic acids is 1. The first-order valence-corrected chi connectivity index (χ1v) is 6.72. The fourth-order valence-corrected chi connectivity index (χ4v) is 1.44. The number of carbonyl (C=O) groups is 1. The van der Waals surface area contributed by atoms with Crippen molar-refractivity contribution in [3.8, 4) is 5.75 Å². The molecule has 4 nitrogen and oxygen atoms in total. The van der Waals surface area contributed by atoms with Gasteiger partial charge < -0.3 is 15.8 Å². The molecule has 0 aliphatic rings. The molecule has 1 aromatic carbocycles. The lowest BCUT2D eigenvalue weighted by Gasteiger charge is -2.10. The van der Waals surface area contributed by atoms with Gasteiger partial charge >= 0.3 is 0 Å². The van der Waals surface area contributed by atoms with E-state index >= 15 is 0 Å². The highest BCUT2D eigenvalue weighted by atomic mass is 35.5. The average molecular weight is 291 g/mol. The van der Waals surface area contributed by atoms with Crippen LogP contribution >= 0.6 is 24.2 Å². The molecule has 1 unspecified atom stereocenters. The summed E-state index contributed by atoms with van der Waals surface area (Å²) < 4.78 is 5.34. The molecule has 0 bridgehead atoms. The Hall–Kier alpha value is -0.910. The normalized spacial score (nSPS) is 11.3. The van der Waals surface area contributed by atoms with E-state index in [4.69, 9.17) is 10.5 Å². The van der Waals surface area contributed by atoms with Crippen LogP contribution in [0.2, 0.25) is 0 Å². The average Bonchev–Trinajstić information content (AvgIpc) is 2.37. The molecular weight excluding hydrogens is 272 g/mol. The van der Waals surface area contributed by atoms with Crippen LogP contribution in [-0.2, 0) is 4.79 Å². The van der Waals surface area contributed by atoms with Gasteiger partial charge in [0, 0.05) is 12.2 Å². The van der Waals surface area contributed by atoms with Crippen LogP contribution in [0.3, 0.4) is 0 Å². The van der Waals surface area contributed by atoms with Crippen LogP contribution in [-0.4, -0.2) is 30.6 Å². The molecule has 6 heteroatoms. The molecule has 0 aromatic heterocycles. The Morgan fingerprint density at radius 1 is 1.44 bits per heavy atom. The van der Waals surface area contributed by atoms with Crippen molar-refractivity contribution in [2.45, 2.75) is 12.2 Å². The summed E-state index contributed by atoms with van der Waals surface area (Å²) in [5, 5.41) is 2.78. The Morgan fingerprint density at radius 3 is 2.56 bits per heavy atom. The fraction of sp³-hybridized carbons (Fsp3) is 0.417. The van der Waals surface area contributed by atoms with Gasteiger partial charge in [-0.25, -0.2) is 0 Å². The molecule has 0 aliphatic carbocycles.